The molecular formula is C23H19ClF3N5O3S. The van der Waals surface area contributed by atoms with Crippen LogP contribution < -0.4 is 9.46 Å². The maximum absolute atomic E-state index is 14.2. The first-order valence-electron chi connectivity index (χ1n) is 10.9. The van der Waals surface area contributed by atoms with E-state index in [1.54, 1.807) is 24.3 Å². The summed E-state index contributed by atoms with van der Waals surface area (Å²) in [6, 6.07) is 12.0. The Hall–Kier alpha value is -3.38. The smallest absolute Gasteiger partial charge is 0.431 e. The predicted molar refractivity (Wildman–Crippen MR) is 126 cm³/mol. The van der Waals surface area contributed by atoms with Gasteiger partial charge >= 0.3 is 6.18 Å². The molecule has 0 radical (unpaired) electrons. The van der Waals surface area contributed by atoms with E-state index in [-0.39, 0.29) is 32.6 Å². The maximum atomic E-state index is 14.2. The number of rotatable bonds is 8. The molecule has 1 aliphatic rings. The second-order valence-corrected chi connectivity index (χ2v) is 10.4. The van der Waals surface area contributed by atoms with Gasteiger partial charge < -0.3 is 9.30 Å². The highest BCUT2D eigenvalue weighted by molar-refractivity contribution is 7.92. The molecule has 4 aromatic rings. The lowest BCUT2D eigenvalue weighted by molar-refractivity contribution is -0.200. The van der Waals surface area contributed by atoms with Gasteiger partial charge in [-0.25, -0.2) is 23.4 Å². The van der Waals surface area contributed by atoms with Gasteiger partial charge in [-0.2, -0.15) is 13.2 Å². The van der Waals surface area contributed by atoms with Crippen LogP contribution in [0.1, 0.15) is 24.6 Å². The van der Waals surface area contributed by atoms with Crippen LogP contribution in [0.15, 0.2) is 66.0 Å². The molecule has 0 spiro atoms. The van der Waals surface area contributed by atoms with E-state index in [9.17, 15) is 21.6 Å². The molecule has 8 nitrogen and oxygen atoms in total. The standard InChI is InChI=1S/C23H19ClF3N5O3S/c24-15-5-1-4-8-19(15)36(33,34)31-21-22(30-17-7-3-2-6-16(17)29-21)35-20(23(25,26)27)18-11-28-13-32(18)12-14-9-10-14/h1-8,11,13-14,20H,9-10,12H2,(H,29,31). The molecule has 1 saturated carbocycles. The zero-order chi connectivity index (χ0) is 25.5. The number of anilines is 1. The lowest BCUT2D eigenvalue weighted by Crippen LogP contribution is -2.29. The number of fused-ring (bicyclic) bond motifs is 1. The molecule has 1 aliphatic carbocycles. The highest BCUT2D eigenvalue weighted by atomic mass is 35.5. The molecular weight excluding hydrogens is 519 g/mol. The van der Waals surface area contributed by atoms with Gasteiger partial charge in [0.1, 0.15) is 4.90 Å². The van der Waals surface area contributed by atoms with E-state index in [0.29, 0.717) is 6.54 Å². The molecule has 2 aromatic heterocycles. The van der Waals surface area contributed by atoms with Gasteiger partial charge in [-0.05, 0) is 43.0 Å². The van der Waals surface area contributed by atoms with Crippen LogP contribution in [-0.4, -0.2) is 34.1 Å². The third-order valence-electron chi connectivity index (χ3n) is 5.59. The number of ether oxygens (including phenoxy) is 1. The third kappa shape index (κ3) is 5.09. The topological polar surface area (TPSA) is 99.0 Å². The Labute approximate surface area is 209 Å². The van der Waals surface area contributed by atoms with E-state index in [1.807, 2.05) is 0 Å². The first-order valence-corrected chi connectivity index (χ1v) is 12.8. The molecule has 1 N–H and O–H groups in total. The lowest BCUT2D eigenvalue weighted by atomic mass is 10.2. The zero-order valence-electron chi connectivity index (χ0n) is 18.5. The second-order valence-electron chi connectivity index (χ2n) is 8.36. The SMILES string of the molecule is O=S(=O)(Nc1nc2ccccc2nc1OC(c1cncn1CC1CC1)C(F)(F)F)c1ccccc1Cl. The summed E-state index contributed by atoms with van der Waals surface area (Å²) in [6.07, 6.45) is -3.05. The highest BCUT2D eigenvalue weighted by Gasteiger charge is 2.46. The minimum Gasteiger partial charge on any atom is -0.455 e. The number of nitrogens with one attached hydrogen (secondary N) is 1. The van der Waals surface area contributed by atoms with E-state index in [0.717, 1.165) is 19.0 Å². The number of para-hydroxylation sites is 2. The van der Waals surface area contributed by atoms with Gasteiger partial charge in [0.25, 0.3) is 15.9 Å². The van der Waals surface area contributed by atoms with Gasteiger partial charge in [-0.1, -0.05) is 35.9 Å². The summed E-state index contributed by atoms with van der Waals surface area (Å²) in [5.41, 5.74) is 0.258. The van der Waals surface area contributed by atoms with Crippen molar-refractivity contribution >= 4 is 38.5 Å². The number of hydrogen-bond donors (Lipinski definition) is 1. The molecule has 13 heteroatoms. The Kier molecular flexibility index (Phi) is 6.25. The summed E-state index contributed by atoms with van der Waals surface area (Å²) in [7, 11) is -4.34. The molecule has 1 atom stereocenters. The first-order chi connectivity index (χ1) is 17.1. The molecule has 0 aliphatic heterocycles. The van der Waals surface area contributed by atoms with Gasteiger partial charge in [-0.15, -0.1) is 0 Å². The fourth-order valence-electron chi connectivity index (χ4n) is 3.66. The van der Waals surface area contributed by atoms with Crippen LogP contribution in [0.25, 0.3) is 11.0 Å². The largest absolute Gasteiger partial charge is 0.455 e. The molecule has 1 fully saturated rings. The van der Waals surface area contributed by atoms with Crippen LogP contribution in [0.3, 0.4) is 0 Å². The number of hydrogen-bond acceptors (Lipinski definition) is 6. The summed E-state index contributed by atoms with van der Waals surface area (Å²) in [5.74, 6) is -0.854. The average Bonchev–Trinajstić information content (AvgIpc) is 3.52. The Balaban J connectivity index is 1.58. The van der Waals surface area contributed by atoms with Crippen molar-refractivity contribution in [3.05, 3.63) is 71.8 Å². The van der Waals surface area contributed by atoms with Crippen LogP contribution in [0.5, 0.6) is 5.88 Å². The molecule has 0 saturated heterocycles. The quantitative estimate of drug-likeness (QED) is 0.324. The molecule has 0 bridgehead atoms. The zero-order valence-corrected chi connectivity index (χ0v) is 20.1. The summed E-state index contributed by atoms with van der Waals surface area (Å²) in [6.45, 7) is 0.376. The van der Waals surface area contributed by atoms with Gasteiger partial charge in [-0.3, -0.25) is 4.72 Å². The average molecular weight is 538 g/mol. The van der Waals surface area contributed by atoms with E-state index in [2.05, 4.69) is 19.7 Å². The van der Waals surface area contributed by atoms with Crippen LogP contribution >= 0.6 is 11.6 Å². The maximum Gasteiger partial charge on any atom is 0.431 e. The van der Waals surface area contributed by atoms with Crippen molar-refractivity contribution in [3.8, 4) is 5.88 Å². The van der Waals surface area contributed by atoms with E-state index < -0.39 is 34.0 Å². The number of imidazole rings is 1. The van der Waals surface area contributed by atoms with E-state index >= 15 is 0 Å². The normalized spacial score (nSPS) is 15.1. The van der Waals surface area contributed by atoms with Crippen molar-refractivity contribution in [2.45, 2.75) is 36.6 Å². The Morgan fingerprint density at radius 1 is 1.08 bits per heavy atom. The third-order valence-corrected chi connectivity index (χ3v) is 7.43. The van der Waals surface area contributed by atoms with Crippen molar-refractivity contribution < 1.29 is 26.3 Å². The number of halogens is 4. The number of alkyl halides is 3. The number of sulfonamides is 1. The molecule has 1 unspecified atom stereocenters. The Morgan fingerprint density at radius 3 is 2.42 bits per heavy atom. The van der Waals surface area contributed by atoms with E-state index in [4.69, 9.17) is 16.3 Å². The second kappa shape index (κ2) is 9.25. The minimum absolute atomic E-state index is 0.0710. The number of nitrogens with zero attached hydrogens (tertiary/aromatic N) is 4. The predicted octanol–water partition coefficient (Wildman–Crippen LogP) is 5.37. The monoisotopic (exact) mass is 537 g/mol. The van der Waals surface area contributed by atoms with Crippen molar-refractivity contribution in [2.24, 2.45) is 5.92 Å². The van der Waals surface area contributed by atoms with Crippen molar-refractivity contribution in [3.63, 3.8) is 0 Å². The van der Waals surface area contributed by atoms with Crippen molar-refractivity contribution in [2.75, 3.05) is 4.72 Å². The molecule has 5 rings (SSSR count). The molecule has 2 heterocycles. The van der Waals surface area contributed by atoms with Gasteiger partial charge in [0.05, 0.1) is 34.3 Å². The Morgan fingerprint density at radius 2 is 1.75 bits per heavy atom. The van der Waals surface area contributed by atoms with E-state index in [1.165, 1.54) is 35.2 Å². The first kappa shape index (κ1) is 24.3. The molecule has 0 amide bonds. The van der Waals surface area contributed by atoms with Gasteiger partial charge in [0.15, 0.2) is 0 Å². The lowest BCUT2D eigenvalue weighted by Gasteiger charge is -2.23. The van der Waals surface area contributed by atoms with Crippen molar-refractivity contribution in [1.29, 1.82) is 0 Å². The van der Waals surface area contributed by atoms with Crippen molar-refractivity contribution in [1.82, 2.24) is 19.5 Å². The fourth-order valence-corrected chi connectivity index (χ4v) is 5.18. The highest BCUT2D eigenvalue weighted by Crippen LogP contribution is 2.40. The minimum atomic E-state index is -4.85. The summed E-state index contributed by atoms with van der Waals surface area (Å²) in [4.78, 5) is 12.0. The van der Waals surface area contributed by atoms with Gasteiger partial charge in [0, 0.05) is 6.54 Å². The Bertz CT molecular complexity index is 1520. The fraction of sp³-hybridized carbons (Fsp3) is 0.261. The van der Waals surface area contributed by atoms with Crippen LogP contribution in [0.2, 0.25) is 5.02 Å². The number of aromatic nitrogens is 4. The molecule has 2 aromatic carbocycles. The van der Waals surface area contributed by atoms with Crippen LogP contribution in [0, 0.1) is 5.92 Å². The van der Waals surface area contributed by atoms with Crippen LogP contribution in [-0.2, 0) is 16.6 Å². The summed E-state index contributed by atoms with van der Waals surface area (Å²) in [5, 5.41) is -0.0710. The van der Waals surface area contributed by atoms with Crippen LogP contribution in [0.4, 0.5) is 19.0 Å². The summed E-state index contributed by atoms with van der Waals surface area (Å²) >= 11 is 6.04. The number of benzene rings is 2. The summed E-state index contributed by atoms with van der Waals surface area (Å²) < 4.78 is 77.8. The van der Waals surface area contributed by atoms with Gasteiger partial charge in [0.2, 0.25) is 11.9 Å². The molecule has 188 valence electrons. The molecule has 36 heavy (non-hydrogen) atoms.